The van der Waals surface area contributed by atoms with E-state index in [0.29, 0.717) is 6.04 Å². The first-order valence-electron chi connectivity index (χ1n) is 8.52. The summed E-state index contributed by atoms with van der Waals surface area (Å²) in [6, 6.07) is 7.38. The molecule has 2 rings (SSSR count). The third kappa shape index (κ3) is 4.39. The van der Waals surface area contributed by atoms with Crippen LogP contribution in [0.1, 0.15) is 51.5 Å². The van der Waals surface area contributed by atoms with Crippen molar-refractivity contribution in [2.75, 3.05) is 24.3 Å². The van der Waals surface area contributed by atoms with Gasteiger partial charge in [0.1, 0.15) is 0 Å². The van der Waals surface area contributed by atoms with Crippen LogP contribution in [0, 0.1) is 18.8 Å². The monoisotopic (exact) mass is 288 g/mol. The summed E-state index contributed by atoms with van der Waals surface area (Å²) in [5.74, 6) is 1.76. The van der Waals surface area contributed by atoms with Crippen molar-refractivity contribution < 1.29 is 0 Å². The number of anilines is 2. The van der Waals surface area contributed by atoms with Crippen LogP contribution in [0.4, 0.5) is 11.4 Å². The molecule has 1 aromatic rings. The molecule has 1 fully saturated rings. The average molecular weight is 288 g/mol. The van der Waals surface area contributed by atoms with E-state index in [0.717, 1.165) is 11.8 Å². The second-order valence-electron chi connectivity index (χ2n) is 7.25. The van der Waals surface area contributed by atoms with Crippen molar-refractivity contribution in [3.8, 4) is 0 Å². The van der Waals surface area contributed by atoms with Gasteiger partial charge in [-0.1, -0.05) is 26.7 Å². The van der Waals surface area contributed by atoms with Crippen LogP contribution in [0.15, 0.2) is 18.2 Å². The van der Waals surface area contributed by atoms with Crippen LogP contribution in [0.3, 0.4) is 0 Å². The molecule has 0 heterocycles. The fraction of sp³-hybridized carbons (Fsp3) is 0.684. The molecule has 0 spiro atoms. The van der Waals surface area contributed by atoms with E-state index in [4.69, 9.17) is 0 Å². The summed E-state index contributed by atoms with van der Waals surface area (Å²) < 4.78 is 0. The summed E-state index contributed by atoms with van der Waals surface area (Å²) in [5.41, 5.74) is 3.94. The van der Waals surface area contributed by atoms with Crippen LogP contribution in [0.25, 0.3) is 0 Å². The summed E-state index contributed by atoms with van der Waals surface area (Å²) in [6.45, 7) is 6.97. The van der Waals surface area contributed by atoms with Gasteiger partial charge in [-0.15, -0.1) is 0 Å². The maximum atomic E-state index is 3.80. The number of aryl methyl sites for hydroxylation is 1. The molecule has 2 atom stereocenters. The van der Waals surface area contributed by atoms with Crippen LogP contribution in [0.2, 0.25) is 0 Å². The lowest BCUT2D eigenvalue weighted by Gasteiger charge is -2.22. The second kappa shape index (κ2) is 7.20. The van der Waals surface area contributed by atoms with E-state index in [1.54, 1.807) is 0 Å². The topological polar surface area (TPSA) is 15.3 Å². The van der Waals surface area contributed by atoms with E-state index in [1.165, 1.54) is 49.0 Å². The molecule has 1 aliphatic rings. The first kappa shape index (κ1) is 16.2. The lowest BCUT2D eigenvalue weighted by atomic mass is 9.89. The van der Waals surface area contributed by atoms with Crippen molar-refractivity contribution in [1.82, 2.24) is 0 Å². The number of benzene rings is 1. The highest BCUT2D eigenvalue weighted by atomic mass is 15.1. The molecule has 1 aliphatic carbocycles. The smallest absolute Gasteiger partial charge is 0.0373 e. The highest BCUT2D eigenvalue weighted by molar-refractivity contribution is 5.60. The third-order valence-corrected chi connectivity index (χ3v) is 5.04. The Labute approximate surface area is 130 Å². The van der Waals surface area contributed by atoms with Crippen molar-refractivity contribution in [2.24, 2.45) is 11.8 Å². The molecule has 1 saturated carbocycles. The normalized spacial score (nSPS) is 23.0. The molecule has 0 amide bonds. The third-order valence-electron chi connectivity index (χ3n) is 5.04. The SMILES string of the molecule is Cc1cc(N(C)C)ccc1NC1CCCC(C(C)C)CC1. The minimum absolute atomic E-state index is 0.651. The molecular weight excluding hydrogens is 256 g/mol. The summed E-state index contributed by atoms with van der Waals surface area (Å²) in [4.78, 5) is 2.16. The van der Waals surface area contributed by atoms with Crippen LogP contribution in [0.5, 0.6) is 0 Å². The van der Waals surface area contributed by atoms with Crippen LogP contribution >= 0.6 is 0 Å². The predicted octanol–water partition coefficient (Wildman–Crippen LogP) is 5.08. The van der Waals surface area contributed by atoms with Crippen molar-refractivity contribution in [3.05, 3.63) is 23.8 Å². The van der Waals surface area contributed by atoms with Crippen molar-refractivity contribution >= 4 is 11.4 Å². The molecule has 1 aromatic carbocycles. The molecule has 0 saturated heterocycles. The Hall–Kier alpha value is -1.18. The van der Waals surface area contributed by atoms with Crippen molar-refractivity contribution in [2.45, 2.75) is 58.9 Å². The van der Waals surface area contributed by atoms with E-state index in [1.807, 2.05) is 0 Å². The molecule has 118 valence electrons. The maximum Gasteiger partial charge on any atom is 0.0373 e. The Kier molecular flexibility index (Phi) is 5.55. The van der Waals surface area contributed by atoms with E-state index >= 15 is 0 Å². The second-order valence-corrected chi connectivity index (χ2v) is 7.25. The lowest BCUT2D eigenvalue weighted by molar-refractivity contribution is 0.341. The molecule has 0 aliphatic heterocycles. The van der Waals surface area contributed by atoms with Gasteiger partial charge in [0, 0.05) is 31.5 Å². The zero-order valence-electron chi connectivity index (χ0n) is 14.4. The number of rotatable bonds is 4. The van der Waals surface area contributed by atoms with Crippen LogP contribution in [-0.2, 0) is 0 Å². The summed E-state index contributed by atoms with van der Waals surface area (Å²) >= 11 is 0. The minimum atomic E-state index is 0.651. The fourth-order valence-electron chi connectivity index (χ4n) is 3.45. The van der Waals surface area contributed by atoms with Crippen LogP contribution < -0.4 is 10.2 Å². The van der Waals surface area contributed by atoms with Gasteiger partial charge in [-0.05, 0) is 61.8 Å². The van der Waals surface area contributed by atoms with E-state index in [2.05, 4.69) is 63.3 Å². The molecule has 1 N–H and O–H groups in total. The van der Waals surface area contributed by atoms with Crippen molar-refractivity contribution in [3.63, 3.8) is 0 Å². The summed E-state index contributed by atoms with van der Waals surface area (Å²) in [7, 11) is 4.19. The zero-order chi connectivity index (χ0) is 15.4. The Bertz CT molecular complexity index is 451. The van der Waals surface area contributed by atoms with E-state index in [9.17, 15) is 0 Å². The molecule has 0 radical (unpaired) electrons. The average Bonchev–Trinajstić information content (AvgIpc) is 2.66. The Balaban J connectivity index is 1.98. The fourth-order valence-corrected chi connectivity index (χ4v) is 3.45. The van der Waals surface area contributed by atoms with E-state index in [-0.39, 0.29) is 0 Å². The van der Waals surface area contributed by atoms with Gasteiger partial charge in [0.2, 0.25) is 0 Å². The largest absolute Gasteiger partial charge is 0.382 e. The van der Waals surface area contributed by atoms with E-state index < -0.39 is 0 Å². The first-order valence-corrected chi connectivity index (χ1v) is 8.52. The number of hydrogen-bond donors (Lipinski definition) is 1. The minimum Gasteiger partial charge on any atom is -0.382 e. The molecule has 2 heteroatoms. The Morgan fingerprint density at radius 2 is 1.86 bits per heavy atom. The number of nitrogens with zero attached hydrogens (tertiary/aromatic N) is 1. The van der Waals surface area contributed by atoms with Gasteiger partial charge in [-0.2, -0.15) is 0 Å². The summed E-state index contributed by atoms with van der Waals surface area (Å²) in [5, 5.41) is 3.80. The quantitative estimate of drug-likeness (QED) is 0.777. The Morgan fingerprint density at radius 1 is 1.10 bits per heavy atom. The molecule has 0 aromatic heterocycles. The highest BCUT2D eigenvalue weighted by Gasteiger charge is 2.21. The predicted molar refractivity (Wildman–Crippen MR) is 94.3 cm³/mol. The number of hydrogen-bond acceptors (Lipinski definition) is 2. The standard InChI is InChI=1S/C19H32N2/c1-14(2)16-7-6-8-17(10-9-16)20-19-12-11-18(21(4)5)13-15(19)3/h11-14,16-17,20H,6-10H2,1-5H3. The van der Waals surface area contributed by atoms with Gasteiger partial charge >= 0.3 is 0 Å². The molecule has 2 unspecified atom stereocenters. The molecule has 21 heavy (non-hydrogen) atoms. The zero-order valence-corrected chi connectivity index (χ0v) is 14.4. The Morgan fingerprint density at radius 3 is 2.48 bits per heavy atom. The van der Waals surface area contributed by atoms with Gasteiger partial charge in [0.05, 0.1) is 0 Å². The van der Waals surface area contributed by atoms with Gasteiger partial charge in [0.15, 0.2) is 0 Å². The highest BCUT2D eigenvalue weighted by Crippen LogP contribution is 2.31. The summed E-state index contributed by atoms with van der Waals surface area (Å²) in [6.07, 6.45) is 6.80. The van der Waals surface area contributed by atoms with Gasteiger partial charge in [0.25, 0.3) is 0 Å². The number of nitrogens with one attached hydrogen (secondary N) is 1. The van der Waals surface area contributed by atoms with Gasteiger partial charge < -0.3 is 10.2 Å². The van der Waals surface area contributed by atoms with Crippen molar-refractivity contribution in [1.29, 1.82) is 0 Å². The van der Waals surface area contributed by atoms with Gasteiger partial charge in [-0.3, -0.25) is 0 Å². The first-order chi connectivity index (χ1) is 9.97. The lowest BCUT2D eigenvalue weighted by Crippen LogP contribution is -2.19. The molecule has 0 bridgehead atoms. The van der Waals surface area contributed by atoms with Gasteiger partial charge in [-0.25, -0.2) is 0 Å². The maximum absolute atomic E-state index is 3.80. The van der Waals surface area contributed by atoms with Crippen LogP contribution in [-0.4, -0.2) is 20.1 Å². The molecule has 2 nitrogen and oxygen atoms in total. The molecular formula is C19H32N2.